The van der Waals surface area contributed by atoms with Crippen molar-refractivity contribution in [1.82, 2.24) is 14.7 Å². The number of aryl methyl sites for hydroxylation is 2. The van der Waals surface area contributed by atoms with Crippen molar-refractivity contribution in [3.63, 3.8) is 0 Å². The van der Waals surface area contributed by atoms with E-state index in [1.54, 1.807) is 12.1 Å². The maximum Gasteiger partial charge on any atom is 0.240 e. The number of nitrogens with zero attached hydrogens (tertiary/aromatic N) is 3. The van der Waals surface area contributed by atoms with Gasteiger partial charge in [-0.05, 0) is 43.9 Å². The van der Waals surface area contributed by atoms with Gasteiger partial charge in [0.2, 0.25) is 10.0 Å². The molecule has 1 aliphatic heterocycles. The summed E-state index contributed by atoms with van der Waals surface area (Å²) in [6.45, 7) is 6.01. The standard InChI is InChI=1S/C18H24N4O2S/c1-3-15-6-8-16(9-7-15)25(23,24)19-13-17-20-14(2)12-18(21-17)22-10-4-5-11-22/h6-9,12,19H,3-5,10-11,13H2,1-2H3. The number of benzene rings is 1. The summed E-state index contributed by atoms with van der Waals surface area (Å²) >= 11 is 0. The van der Waals surface area contributed by atoms with Gasteiger partial charge in [-0.3, -0.25) is 0 Å². The first kappa shape index (κ1) is 17.8. The van der Waals surface area contributed by atoms with Gasteiger partial charge in [-0.1, -0.05) is 19.1 Å². The van der Waals surface area contributed by atoms with Crippen LogP contribution in [0.2, 0.25) is 0 Å². The van der Waals surface area contributed by atoms with Gasteiger partial charge in [0.25, 0.3) is 0 Å². The van der Waals surface area contributed by atoms with Crippen LogP contribution in [0.4, 0.5) is 5.82 Å². The first-order valence-electron chi connectivity index (χ1n) is 8.66. The van der Waals surface area contributed by atoms with E-state index in [0.717, 1.165) is 36.6 Å². The summed E-state index contributed by atoms with van der Waals surface area (Å²) in [7, 11) is -3.57. The number of hydrogen-bond donors (Lipinski definition) is 1. The van der Waals surface area contributed by atoms with Crippen molar-refractivity contribution in [3.05, 3.63) is 47.4 Å². The SMILES string of the molecule is CCc1ccc(S(=O)(=O)NCc2nc(C)cc(N3CCCC3)n2)cc1. The van der Waals surface area contributed by atoms with Crippen LogP contribution >= 0.6 is 0 Å². The molecule has 0 radical (unpaired) electrons. The lowest BCUT2D eigenvalue weighted by Crippen LogP contribution is -2.26. The Balaban J connectivity index is 1.73. The predicted molar refractivity (Wildman–Crippen MR) is 98.1 cm³/mol. The Hall–Kier alpha value is -1.99. The van der Waals surface area contributed by atoms with E-state index >= 15 is 0 Å². The highest BCUT2D eigenvalue weighted by atomic mass is 32.2. The van der Waals surface area contributed by atoms with Crippen LogP contribution in [0.3, 0.4) is 0 Å². The van der Waals surface area contributed by atoms with Crippen molar-refractivity contribution in [2.24, 2.45) is 0 Å². The number of anilines is 1. The van der Waals surface area contributed by atoms with Gasteiger partial charge in [0.15, 0.2) is 0 Å². The van der Waals surface area contributed by atoms with Crippen LogP contribution in [0, 0.1) is 6.92 Å². The number of aromatic nitrogens is 2. The highest BCUT2D eigenvalue weighted by Crippen LogP contribution is 2.19. The molecule has 134 valence electrons. The fourth-order valence-corrected chi connectivity index (χ4v) is 3.93. The molecule has 0 unspecified atom stereocenters. The minimum Gasteiger partial charge on any atom is -0.357 e. The summed E-state index contributed by atoms with van der Waals surface area (Å²) in [5, 5.41) is 0. The van der Waals surface area contributed by atoms with Gasteiger partial charge in [-0.25, -0.2) is 23.1 Å². The minimum atomic E-state index is -3.57. The van der Waals surface area contributed by atoms with Crippen LogP contribution in [-0.2, 0) is 23.0 Å². The lowest BCUT2D eigenvalue weighted by atomic mass is 10.2. The Bertz CT molecular complexity index is 829. The monoisotopic (exact) mass is 360 g/mol. The van der Waals surface area contributed by atoms with Crippen LogP contribution in [-0.4, -0.2) is 31.5 Å². The summed E-state index contributed by atoms with van der Waals surface area (Å²) in [5.41, 5.74) is 1.95. The first-order chi connectivity index (χ1) is 12.0. The highest BCUT2D eigenvalue weighted by molar-refractivity contribution is 7.89. The van der Waals surface area contributed by atoms with E-state index in [9.17, 15) is 8.42 Å². The third kappa shape index (κ3) is 4.35. The Morgan fingerprint density at radius 1 is 1.12 bits per heavy atom. The first-order valence-corrected chi connectivity index (χ1v) is 10.1. The van der Waals surface area contributed by atoms with Gasteiger partial charge in [-0.2, -0.15) is 0 Å². The molecule has 25 heavy (non-hydrogen) atoms. The molecule has 0 atom stereocenters. The Morgan fingerprint density at radius 2 is 1.80 bits per heavy atom. The average Bonchev–Trinajstić information content (AvgIpc) is 3.14. The molecule has 3 rings (SSSR count). The molecule has 7 heteroatoms. The maximum atomic E-state index is 12.5. The summed E-state index contributed by atoms with van der Waals surface area (Å²) in [6, 6.07) is 8.89. The van der Waals surface area contributed by atoms with E-state index in [0.29, 0.717) is 5.82 Å². The van der Waals surface area contributed by atoms with Crippen LogP contribution in [0.1, 0.15) is 36.8 Å². The molecule has 1 saturated heterocycles. The zero-order valence-electron chi connectivity index (χ0n) is 14.7. The number of rotatable bonds is 6. The number of sulfonamides is 1. The van der Waals surface area contributed by atoms with Crippen molar-refractivity contribution in [2.45, 2.75) is 44.6 Å². The fourth-order valence-electron chi connectivity index (χ4n) is 2.95. The lowest BCUT2D eigenvalue weighted by Gasteiger charge is -2.17. The molecule has 0 bridgehead atoms. The lowest BCUT2D eigenvalue weighted by molar-refractivity contribution is 0.579. The molecule has 0 saturated carbocycles. The Morgan fingerprint density at radius 3 is 2.44 bits per heavy atom. The van der Waals surface area contributed by atoms with Crippen LogP contribution in [0.25, 0.3) is 0 Å². The van der Waals surface area contributed by atoms with Crippen LogP contribution < -0.4 is 9.62 Å². The molecule has 1 aromatic heterocycles. The van der Waals surface area contributed by atoms with Crippen molar-refractivity contribution >= 4 is 15.8 Å². The molecule has 0 aliphatic carbocycles. The summed E-state index contributed by atoms with van der Waals surface area (Å²) in [6.07, 6.45) is 3.21. The average molecular weight is 360 g/mol. The van der Waals surface area contributed by atoms with Gasteiger partial charge < -0.3 is 4.90 Å². The van der Waals surface area contributed by atoms with Gasteiger partial charge in [0, 0.05) is 24.8 Å². The molecule has 1 aliphatic rings. The minimum absolute atomic E-state index is 0.0837. The molecule has 1 fully saturated rings. The maximum absolute atomic E-state index is 12.5. The largest absolute Gasteiger partial charge is 0.357 e. The number of nitrogens with one attached hydrogen (secondary N) is 1. The highest BCUT2D eigenvalue weighted by Gasteiger charge is 2.17. The molecule has 2 heterocycles. The van der Waals surface area contributed by atoms with Gasteiger partial charge in [-0.15, -0.1) is 0 Å². The molecule has 1 aromatic carbocycles. The quantitative estimate of drug-likeness (QED) is 0.856. The second kappa shape index (κ2) is 7.49. The van der Waals surface area contributed by atoms with E-state index in [1.807, 2.05) is 32.0 Å². The summed E-state index contributed by atoms with van der Waals surface area (Å²) in [5.74, 6) is 1.38. The van der Waals surface area contributed by atoms with Gasteiger partial charge >= 0.3 is 0 Å². The molecule has 6 nitrogen and oxygen atoms in total. The molecule has 1 N–H and O–H groups in total. The molecule has 2 aromatic rings. The van der Waals surface area contributed by atoms with Crippen molar-refractivity contribution in [3.8, 4) is 0 Å². The summed E-state index contributed by atoms with van der Waals surface area (Å²) < 4.78 is 27.5. The third-order valence-corrected chi connectivity index (χ3v) is 5.80. The van der Waals surface area contributed by atoms with Crippen LogP contribution in [0.5, 0.6) is 0 Å². The smallest absolute Gasteiger partial charge is 0.240 e. The van der Waals surface area contributed by atoms with E-state index in [4.69, 9.17) is 0 Å². The van der Waals surface area contributed by atoms with Crippen molar-refractivity contribution < 1.29 is 8.42 Å². The van der Waals surface area contributed by atoms with E-state index in [-0.39, 0.29) is 11.4 Å². The van der Waals surface area contributed by atoms with Gasteiger partial charge in [0.1, 0.15) is 11.6 Å². The van der Waals surface area contributed by atoms with E-state index < -0.39 is 10.0 Å². The second-order valence-electron chi connectivity index (χ2n) is 6.30. The van der Waals surface area contributed by atoms with Crippen molar-refractivity contribution in [2.75, 3.05) is 18.0 Å². The Labute approximate surface area is 149 Å². The normalized spacial score (nSPS) is 14.9. The predicted octanol–water partition coefficient (Wildman–Crippen LogP) is 2.43. The van der Waals surface area contributed by atoms with E-state index in [2.05, 4.69) is 19.6 Å². The third-order valence-electron chi connectivity index (χ3n) is 4.38. The second-order valence-corrected chi connectivity index (χ2v) is 8.07. The van der Waals surface area contributed by atoms with E-state index in [1.165, 1.54) is 12.8 Å². The fraction of sp³-hybridized carbons (Fsp3) is 0.444. The van der Waals surface area contributed by atoms with Gasteiger partial charge in [0.05, 0.1) is 11.4 Å². The van der Waals surface area contributed by atoms with Crippen molar-refractivity contribution in [1.29, 1.82) is 0 Å². The molecular formula is C18H24N4O2S. The Kier molecular flexibility index (Phi) is 5.34. The topological polar surface area (TPSA) is 75.2 Å². The molecular weight excluding hydrogens is 336 g/mol. The molecule has 0 amide bonds. The number of hydrogen-bond acceptors (Lipinski definition) is 5. The molecule has 0 spiro atoms. The zero-order valence-corrected chi connectivity index (χ0v) is 15.5. The zero-order chi connectivity index (χ0) is 17.9. The summed E-state index contributed by atoms with van der Waals surface area (Å²) in [4.78, 5) is 11.4. The van der Waals surface area contributed by atoms with Crippen LogP contribution in [0.15, 0.2) is 35.2 Å².